The molecule has 1 unspecified atom stereocenters. The molecule has 1 atom stereocenters. The van der Waals surface area contributed by atoms with Gasteiger partial charge in [0.2, 0.25) is 5.82 Å². The number of benzene rings is 1. The molecule has 2 amide bonds. The van der Waals surface area contributed by atoms with Crippen LogP contribution in [0.2, 0.25) is 0 Å². The van der Waals surface area contributed by atoms with E-state index in [0.717, 1.165) is 42.9 Å². The number of hydrogen-bond acceptors (Lipinski definition) is 6. The fourth-order valence-electron chi connectivity index (χ4n) is 3.73. The van der Waals surface area contributed by atoms with E-state index in [0.29, 0.717) is 11.4 Å². The van der Waals surface area contributed by atoms with Crippen LogP contribution in [0.25, 0.3) is 0 Å². The Morgan fingerprint density at radius 2 is 2.00 bits per heavy atom. The summed E-state index contributed by atoms with van der Waals surface area (Å²) in [5.74, 6) is 0.743. The number of carbonyl (C=O) groups is 2. The normalized spacial score (nSPS) is 18.9. The molecule has 4 rings (SSSR count). The molecule has 2 aliphatic rings. The third-order valence-corrected chi connectivity index (χ3v) is 5.37. The average Bonchev–Trinajstić information content (AvgIpc) is 3.21. The van der Waals surface area contributed by atoms with Crippen molar-refractivity contribution in [2.45, 2.75) is 32.7 Å². The van der Waals surface area contributed by atoms with Crippen LogP contribution < -0.4 is 19.9 Å². The maximum absolute atomic E-state index is 12.9. The monoisotopic (exact) mass is 395 g/mol. The van der Waals surface area contributed by atoms with Gasteiger partial charge in [-0.1, -0.05) is 6.07 Å². The van der Waals surface area contributed by atoms with E-state index < -0.39 is 11.9 Å². The standard InChI is InChI=1S/C21H25N5O3/c1-13-6-7-16-17(10-13)29-12-15(21(28)25(16)3)23-20(27)18-22-11-14(2)19(24-18)26-8-4-5-9-26/h6-7,10-11,15H,4-5,8-9,12H2,1-3H3,(H,23,27). The van der Waals surface area contributed by atoms with Gasteiger partial charge in [-0.3, -0.25) is 9.59 Å². The highest BCUT2D eigenvalue weighted by Crippen LogP contribution is 2.31. The minimum absolute atomic E-state index is 0.0518. The molecule has 0 aliphatic carbocycles. The van der Waals surface area contributed by atoms with Gasteiger partial charge in [-0.2, -0.15) is 0 Å². The molecular formula is C21H25N5O3. The third kappa shape index (κ3) is 3.74. The van der Waals surface area contributed by atoms with Gasteiger partial charge in [0.1, 0.15) is 24.2 Å². The molecule has 1 saturated heterocycles. The number of likely N-dealkylation sites (N-methyl/N-ethyl adjacent to an activating group) is 1. The second-order valence-electron chi connectivity index (χ2n) is 7.60. The highest BCUT2D eigenvalue weighted by Gasteiger charge is 2.31. The van der Waals surface area contributed by atoms with Crippen LogP contribution in [0.1, 0.15) is 34.6 Å². The van der Waals surface area contributed by atoms with E-state index in [4.69, 9.17) is 4.74 Å². The predicted octanol–water partition coefficient (Wildman–Crippen LogP) is 1.85. The van der Waals surface area contributed by atoms with Crippen molar-refractivity contribution < 1.29 is 14.3 Å². The molecule has 8 nitrogen and oxygen atoms in total. The average molecular weight is 395 g/mol. The van der Waals surface area contributed by atoms with Gasteiger partial charge in [0.25, 0.3) is 11.8 Å². The summed E-state index contributed by atoms with van der Waals surface area (Å²) in [4.78, 5) is 38.0. The third-order valence-electron chi connectivity index (χ3n) is 5.37. The van der Waals surface area contributed by atoms with Crippen molar-refractivity contribution in [2.75, 3.05) is 36.5 Å². The first-order chi connectivity index (χ1) is 13.9. The van der Waals surface area contributed by atoms with Gasteiger partial charge in [0.05, 0.1) is 5.69 Å². The van der Waals surface area contributed by atoms with Crippen LogP contribution in [-0.2, 0) is 4.79 Å². The van der Waals surface area contributed by atoms with Crippen LogP contribution in [0.5, 0.6) is 5.75 Å². The minimum Gasteiger partial charge on any atom is -0.489 e. The molecule has 1 N–H and O–H groups in total. The largest absolute Gasteiger partial charge is 0.489 e. The molecule has 29 heavy (non-hydrogen) atoms. The van der Waals surface area contributed by atoms with Crippen LogP contribution in [0.4, 0.5) is 11.5 Å². The van der Waals surface area contributed by atoms with Gasteiger partial charge in [0, 0.05) is 31.9 Å². The Balaban J connectivity index is 1.53. The summed E-state index contributed by atoms with van der Waals surface area (Å²) in [5.41, 5.74) is 2.65. The molecule has 0 radical (unpaired) electrons. The van der Waals surface area contributed by atoms with Gasteiger partial charge in [-0.15, -0.1) is 0 Å². The Kier molecular flexibility index (Phi) is 5.08. The van der Waals surface area contributed by atoms with Crippen LogP contribution in [0.3, 0.4) is 0 Å². The number of nitrogens with zero attached hydrogens (tertiary/aromatic N) is 4. The molecule has 1 aromatic carbocycles. The number of nitrogens with one attached hydrogen (secondary N) is 1. The van der Waals surface area contributed by atoms with Crippen molar-refractivity contribution >= 4 is 23.3 Å². The maximum Gasteiger partial charge on any atom is 0.289 e. The Labute approximate surface area is 169 Å². The zero-order valence-electron chi connectivity index (χ0n) is 16.9. The molecule has 0 bridgehead atoms. The number of aromatic nitrogens is 2. The first kappa shape index (κ1) is 19.2. The van der Waals surface area contributed by atoms with E-state index in [-0.39, 0.29) is 18.3 Å². The van der Waals surface area contributed by atoms with Crippen LogP contribution in [0.15, 0.2) is 24.4 Å². The van der Waals surface area contributed by atoms with Crippen molar-refractivity contribution in [3.05, 3.63) is 41.3 Å². The van der Waals surface area contributed by atoms with Gasteiger partial charge < -0.3 is 19.9 Å². The van der Waals surface area contributed by atoms with Gasteiger partial charge >= 0.3 is 0 Å². The summed E-state index contributed by atoms with van der Waals surface area (Å²) in [5, 5.41) is 2.74. The minimum atomic E-state index is -0.819. The Hall–Kier alpha value is -3.16. The van der Waals surface area contributed by atoms with Crippen LogP contribution >= 0.6 is 0 Å². The van der Waals surface area contributed by atoms with Crippen LogP contribution in [0, 0.1) is 13.8 Å². The summed E-state index contributed by atoms with van der Waals surface area (Å²) in [6, 6.07) is 4.83. The number of carbonyl (C=O) groups excluding carboxylic acids is 2. The van der Waals surface area contributed by atoms with E-state index in [1.165, 1.54) is 4.90 Å². The second kappa shape index (κ2) is 7.69. The predicted molar refractivity (Wildman–Crippen MR) is 110 cm³/mol. The highest BCUT2D eigenvalue weighted by molar-refractivity contribution is 6.02. The van der Waals surface area contributed by atoms with Crippen molar-refractivity contribution in [2.24, 2.45) is 0 Å². The van der Waals surface area contributed by atoms with E-state index in [1.54, 1.807) is 13.2 Å². The molecular weight excluding hydrogens is 370 g/mol. The summed E-state index contributed by atoms with van der Waals surface area (Å²) < 4.78 is 5.82. The van der Waals surface area contributed by atoms with Crippen molar-refractivity contribution in [3.63, 3.8) is 0 Å². The first-order valence-electron chi connectivity index (χ1n) is 9.84. The number of amides is 2. The molecule has 0 spiro atoms. The number of hydrogen-bond donors (Lipinski definition) is 1. The Morgan fingerprint density at radius 1 is 1.24 bits per heavy atom. The zero-order chi connectivity index (χ0) is 20.5. The summed E-state index contributed by atoms with van der Waals surface area (Å²) in [6.45, 7) is 5.80. The summed E-state index contributed by atoms with van der Waals surface area (Å²) in [6.07, 6.45) is 3.89. The first-order valence-corrected chi connectivity index (χ1v) is 9.84. The second-order valence-corrected chi connectivity index (χ2v) is 7.60. The highest BCUT2D eigenvalue weighted by atomic mass is 16.5. The number of anilines is 2. The number of rotatable bonds is 3. The van der Waals surface area contributed by atoms with Crippen LogP contribution in [-0.4, -0.2) is 54.6 Å². The molecule has 2 aliphatic heterocycles. The van der Waals surface area contributed by atoms with Crippen molar-refractivity contribution in [1.29, 1.82) is 0 Å². The molecule has 0 saturated carbocycles. The molecule has 3 heterocycles. The smallest absolute Gasteiger partial charge is 0.289 e. The van der Waals surface area contributed by atoms with E-state index >= 15 is 0 Å². The fourth-order valence-corrected chi connectivity index (χ4v) is 3.73. The van der Waals surface area contributed by atoms with Gasteiger partial charge in [-0.05, 0) is 44.4 Å². The lowest BCUT2D eigenvalue weighted by Crippen LogP contribution is -2.49. The lowest BCUT2D eigenvalue weighted by Gasteiger charge is -2.21. The molecule has 8 heteroatoms. The number of fused-ring (bicyclic) bond motifs is 1. The summed E-state index contributed by atoms with van der Waals surface area (Å²) in [7, 11) is 1.68. The Morgan fingerprint density at radius 3 is 2.76 bits per heavy atom. The quantitative estimate of drug-likeness (QED) is 0.853. The van der Waals surface area contributed by atoms with E-state index in [9.17, 15) is 9.59 Å². The van der Waals surface area contributed by atoms with Gasteiger partial charge in [-0.25, -0.2) is 9.97 Å². The number of aryl methyl sites for hydroxylation is 2. The molecule has 1 aromatic heterocycles. The summed E-state index contributed by atoms with van der Waals surface area (Å²) >= 11 is 0. The SMILES string of the molecule is Cc1ccc2c(c1)OCC(NC(=O)c1ncc(C)c(N3CCCC3)n1)C(=O)N2C. The topological polar surface area (TPSA) is 87.7 Å². The lowest BCUT2D eigenvalue weighted by molar-refractivity contribution is -0.120. The van der Waals surface area contributed by atoms with Gasteiger partial charge in [0.15, 0.2) is 0 Å². The molecule has 2 aromatic rings. The van der Waals surface area contributed by atoms with E-state index in [2.05, 4.69) is 20.2 Å². The van der Waals surface area contributed by atoms with E-state index in [1.807, 2.05) is 32.0 Å². The van der Waals surface area contributed by atoms with Crippen molar-refractivity contribution in [3.8, 4) is 5.75 Å². The Bertz CT molecular complexity index is 955. The fraction of sp³-hybridized carbons (Fsp3) is 0.429. The number of ether oxygens (including phenoxy) is 1. The zero-order valence-corrected chi connectivity index (χ0v) is 16.9. The lowest BCUT2D eigenvalue weighted by atomic mass is 10.2. The van der Waals surface area contributed by atoms with Crippen molar-refractivity contribution in [1.82, 2.24) is 15.3 Å². The molecule has 1 fully saturated rings. The molecule has 152 valence electrons. The maximum atomic E-state index is 12.9.